The van der Waals surface area contributed by atoms with Crippen molar-refractivity contribution in [2.75, 3.05) is 5.32 Å². The highest BCUT2D eigenvalue weighted by Gasteiger charge is 2.13. The second kappa shape index (κ2) is 8.46. The molecule has 0 saturated carbocycles. The van der Waals surface area contributed by atoms with Crippen LogP contribution in [0.5, 0.6) is 0 Å². The Bertz CT molecular complexity index is 1170. The minimum absolute atomic E-state index is 0.0257. The first-order valence-corrected chi connectivity index (χ1v) is 8.86. The lowest BCUT2D eigenvalue weighted by Gasteiger charge is -2.07. The fourth-order valence-corrected chi connectivity index (χ4v) is 2.84. The van der Waals surface area contributed by atoms with Crippen LogP contribution in [0, 0.1) is 18.3 Å². The molecule has 1 aromatic heterocycles. The minimum atomic E-state index is -1.29. The molecule has 0 unspecified atom stereocenters. The van der Waals surface area contributed by atoms with Gasteiger partial charge < -0.3 is 19.6 Å². The molecule has 0 radical (unpaired) electrons. The number of halogens is 1. The summed E-state index contributed by atoms with van der Waals surface area (Å²) in [5.41, 5.74) is 1.70. The predicted molar refractivity (Wildman–Crippen MR) is 107 cm³/mol. The number of aromatic carboxylic acids is 1. The summed E-state index contributed by atoms with van der Waals surface area (Å²) in [6.45, 7) is 1.81. The van der Waals surface area contributed by atoms with E-state index in [0.29, 0.717) is 22.0 Å². The molecule has 0 saturated heterocycles. The number of anilines is 1. The zero-order valence-electron chi connectivity index (χ0n) is 15.2. The second-order valence-electron chi connectivity index (χ2n) is 6.15. The number of nitriles is 1. The summed E-state index contributed by atoms with van der Waals surface area (Å²) in [6.07, 6.45) is 1.31. The van der Waals surface area contributed by atoms with Crippen LogP contribution in [-0.4, -0.2) is 11.9 Å². The molecule has 29 heavy (non-hydrogen) atoms. The molecule has 144 valence electrons. The molecule has 7 heteroatoms. The molecule has 0 atom stereocenters. The van der Waals surface area contributed by atoms with Gasteiger partial charge in [0.2, 0.25) is 0 Å². The fourth-order valence-electron chi connectivity index (χ4n) is 2.65. The van der Waals surface area contributed by atoms with Crippen LogP contribution >= 0.6 is 11.6 Å². The minimum Gasteiger partial charge on any atom is -0.545 e. The van der Waals surface area contributed by atoms with Gasteiger partial charge in [0.25, 0.3) is 5.91 Å². The number of nitrogens with zero attached hydrogens (tertiary/aromatic N) is 1. The monoisotopic (exact) mass is 405 g/mol. The number of carbonyl (C=O) groups excluding carboxylic acids is 2. The molecule has 0 aliphatic heterocycles. The van der Waals surface area contributed by atoms with E-state index in [1.807, 2.05) is 13.0 Å². The van der Waals surface area contributed by atoms with Crippen molar-refractivity contribution in [3.63, 3.8) is 0 Å². The predicted octanol–water partition coefficient (Wildman–Crippen LogP) is 3.82. The number of nitrogens with one attached hydrogen (secondary N) is 1. The Hall–Kier alpha value is -3.82. The van der Waals surface area contributed by atoms with Crippen molar-refractivity contribution in [1.29, 1.82) is 5.26 Å². The third-order valence-electron chi connectivity index (χ3n) is 4.10. The molecule has 1 amide bonds. The van der Waals surface area contributed by atoms with Crippen LogP contribution < -0.4 is 10.4 Å². The van der Waals surface area contributed by atoms with Crippen molar-refractivity contribution in [2.24, 2.45) is 0 Å². The maximum Gasteiger partial charge on any atom is 0.266 e. The fraction of sp³-hybridized carbons (Fsp3) is 0.0455. The maximum atomic E-state index is 12.4. The van der Waals surface area contributed by atoms with Gasteiger partial charge in [-0.1, -0.05) is 29.8 Å². The van der Waals surface area contributed by atoms with Crippen LogP contribution in [0.3, 0.4) is 0 Å². The molecule has 3 aromatic rings. The molecule has 1 N–H and O–H groups in total. The summed E-state index contributed by atoms with van der Waals surface area (Å²) in [5, 5.41) is 23.5. The zero-order valence-corrected chi connectivity index (χ0v) is 16.0. The summed E-state index contributed by atoms with van der Waals surface area (Å²) >= 11 is 5.89. The van der Waals surface area contributed by atoms with Gasteiger partial charge in [0.15, 0.2) is 0 Å². The number of carbonyl (C=O) groups is 2. The molecule has 0 aliphatic rings. The highest BCUT2D eigenvalue weighted by Crippen LogP contribution is 2.27. The highest BCUT2D eigenvalue weighted by atomic mass is 35.5. The van der Waals surface area contributed by atoms with Crippen molar-refractivity contribution in [2.45, 2.75) is 6.92 Å². The van der Waals surface area contributed by atoms with Crippen molar-refractivity contribution in [1.82, 2.24) is 0 Å². The Kier molecular flexibility index (Phi) is 5.82. The van der Waals surface area contributed by atoms with E-state index in [4.69, 9.17) is 16.0 Å². The molecule has 1 heterocycles. The number of amides is 1. The number of hydrogen-bond acceptors (Lipinski definition) is 5. The van der Waals surface area contributed by atoms with E-state index >= 15 is 0 Å². The van der Waals surface area contributed by atoms with Gasteiger partial charge in [0.05, 0.1) is 5.97 Å². The zero-order chi connectivity index (χ0) is 21.0. The molecule has 0 spiro atoms. The second-order valence-corrected chi connectivity index (χ2v) is 6.59. The SMILES string of the molecule is Cc1ccc(C(=O)[O-])cc1-c1ccc(/C=C(/C#N)C(=O)Nc2cccc(Cl)c2)o1. The molecule has 0 fully saturated rings. The van der Waals surface area contributed by atoms with E-state index in [2.05, 4.69) is 5.32 Å². The van der Waals surface area contributed by atoms with E-state index in [1.54, 1.807) is 42.5 Å². The topological polar surface area (TPSA) is 106 Å². The van der Waals surface area contributed by atoms with Gasteiger partial charge >= 0.3 is 0 Å². The van der Waals surface area contributed by atoms with Gasteiger partial charge in [-0.05, 0) is 54.4 Å². The van der Waals surface area contributed by atoms with Crippen LogP contribution in [0.2, 0.25) is 5.02 Å². The largest absolute Gasteiger partial charge is 0.545 e. The lowest BCUT2D eigenvalue weighted by atomic mass is 10.0. The number of aryl methyl sites for hydroxylation is 1. The number of carboxylic acid groups (broad SMARTS) is 1. The molecule has 2 aromatic carbocycles. The van der Waals surface area contributed by atoms with E-state index in [9.17, 15) is 20.0 Å². The van der Waals surface area contributed by atoms with Gasteiger partial charge in [-0.15, -0.1) is 0 Å². The van der Waals surface area contributed by atoms with Gasteiger partial charge in [-0.2, -0.15) is 5.26 Å². The third kappa shape index (κ3) is 4.72. The average molecular weight is 406 g/mol. The molecular weight excluding hydrogens is 392 g/mol. The summed E-state index contributed by atoms with van der Waals surface area (Å²) in [6, 6.07) is 16.2. The van der Waals surface area contributed by atoms with Gasteiger partial charge in [-0.3, -0.25) is 4.79 Å². The highest BCUT2D eigenvalue weighted by molar-refractivity contribution is 6.31. The standard InChI is InChI=1S/C22H15ClN2O4/c1-13-5-6-14(22(27)28)10-19(13)20-8-7-18(29-20)9-15(12-24)21(26)25-17-4-2-3-16(23)11-17/h2-11H,1H3,(H,25,26)(H,27,28)/p-1/b15-9-. The van der Waals surface area contributed by atoms with Crippen LogP contribution in [0.4, 0.5) is 5.69 Å². The van der Waals surface area contributed by atoms with Crippen molar-refractivity contribution in [3.05, 3.63) is 82.1 Å². The van der Waals surface area contributed by atoms with Crippen LogP contribution in [-0.2, 0) is 4.79 Å². The van der Waals surface area contributed by atoms with E-state index in [-0.39, 0.29) is 16.9 Å². The molecule has 0 aliphatic carbocycles. The molecule has 6 nitrogen and oxygen atoms in total. The molecule has 3 rings (SSSR count). The average Bonchev–Trinajstić information content (AvgIpc) is 3.14. The maximum absolute atomic E-state index is 12.4. The molecule has 0 bridgehead atoms. The molecular formula is C22H14ClN2O4-. The number of hydrogen-bond donors (Lipinski definition) is 1. The summed E-state index contributed by atoms with van der Waals surface area (Å²) in [5.74, 6) is -1.22. The van der Waals surface area contributed by atoms with Crippen molar-refractivity contribution < 1.29 is 19.1 Å². The Labute approximate surface area is 171 Å². The summed E-state index contributed by atoms with van der Waals surface area (Å²) in [7, 11) is 0. The van der Waals surface area contributed by atoms with E-state index < -0.39 is 11.9 Å². The lowest BCUT2D eigenvalue weighted by Crippen LogP contribution is -2.22. The quantitative estimate of drug-likeness (QED) is 0.513. The van der Waals surface area contributed by atoms with Crippen molar-refractivity contribution in [3.8, 4) is 17.4 Å². The van der Waals surface area contributed by atoms with Gasteiger partial charge in [-0.25, -0.2) is 0 Å². The van der Waals surface area contributed by atoms with E-state index in [0.717, 1.165) is 5.56 Å². The van der Waals surface area contributed by atoms with Crippen LogP contribution in [0.1, 0.15) is 21.7 Å². The third-order valence-corrected chi connectivity index (χ3v) is 4.33. The first-order chi connectivity index (χ1) is 13.9. The smallest absolute Gasteiger partial charge is 0.266 e. The van der Waals surface area contributed by atoms with E-state index in [1.165, 1.54) is 18.2 Å². The summed E-state index contributed by atoms with van der Waals surface area (Å²) < 4.78 is 5.70. The number of benzene rings is 2. The van der Waals surface area contributed by atoms with Crippen LogP contribution in [0.15, 0.2) is 64.6 Å². The Morgan fingerprint density at radius 3 is 2.66 bits per heavy atom. The Balaban J connectivity index is 1.86. The van der Waals surface area contributed by atoms with Crippen molar-refractivity contribution >= 4 is 35.2 Å². The first-order valence-electron chi connectivity index (χ1n) is 8.48. The Morgan fingerprint density at radius 2 is 1.97 bits per heavy atom. The van der Waals surface area contributed by atoms with Gasteiger partial charge in [0.1, 0.15) is 23.2 Å². The normalized spacial score (nSPS) is 11.0. The number of carboxylic acids is 1. The van der Waals surface area contributed by atoms with Crippen LogP contribution in [0.25, 0.3) is 17.4 Å². The number of rotatable bonds is 5. The Morgan fingerprint density at radius 1 is 1.17 bits per heavy atom. The lowest BCUT2D eigenvalue weighted by molar-refractivity contribution is -0.255. The summed E-state index contributed by atoms with van der Waals surface area (Å²) in [4.78, 5) is 23.4. The van der Waals surface area contributed by atoms with Gasteiger partial charge in [0, 0.05) is 22.3 Å². The first kappa shape index (κ1) is 19.9. The number of furan rings is 1.